The lowest BCUT2D eigenvalue weighted by Crippen LogP contribution is -2.14. The van der Waals surface area contributed by atoms with Gasteiger partial charge in [-0.25, -0.2) is 4.99 Å². The van der Waals surface area contributed by atoms with Crippen LogP contribution in [-0.4, -0.2) is 14.8 Å². The van der Waals surface area contributed by atoms with Crippen LogP contribution in [0.1, 0.15) is 6.42 Å². The molecule has 0 aliphatic heterocycles. The van der Waals surface area contributed by atoms with Crippen molar-refractivity contribution in [3.63, 3.8) is 0 Å². The van der Waals surface area contributed by atoms with Crippen LogP contribution >= 0.6 is 0 Å². The van der Waals surface area contributed by atoms with Crippen LogP contribution in [0.5, 0.6) is 0 Å². The van der Waals surface area contributed by atoms with Gasteiger partial charge in [-0.15, -0.1) is 0 Å². The molecule has 1 aliphatic rings. The van der Waals surface area contributed by atoms with Crippen molar-refractivity contribution in [3.05, 3.63) is 195 Å². The van der Waals surface area contributed by atoms with Gasteiger partial charge in [0.2, 0.25) is 0 Å². The molecule has 0 amide bonds. The number of allylic oxidation sites excluding steroid dienone is 5. The van der Waals surface area contributed by atoms with Gasteiger partial charge in [0, 0.05) is 55.3 Å². The van der Waals surface area contributed by atoms with E-state index in [4.69, 9.17) is 10.7 Å². The molecule has 0 radical (unpaired) electrons. The number of aliphatic imine (C=N–C) groups is 1. The van der Waals surface area contributed by atoms with E-state index in [1.807, 2.05) is 12.1 Å². The van der Waals surface area contributed by atoms with Crippen LogP contribution in [0, 0.1) is 5.92 Å². The minimum absolute atomic E-state index is 0.0207. The maximum absolute atomic E-state index is 6.90. The molecule has 57 heavy (non-hydrogen) atoms. The molecule has 4 heteroatoms. The molecule has 2 aromatic heterocycles. The normalized spacial score (nSPS) is 14.7. The fourth-order valence-electron chi connectivity index (χ4n) is 9.18. The fraction of sp³-hybridized carbons (Fsp3) is 0.0377. The summed E-state index contributed by atoms with van der Waals surface area (Å²) in [7, 11) is 0. The number of hydrogen-bond acceptors (Lipinski definition) is 2. The lowest BCUT2D eigenvalue weighted by molar-refractivity contribution is 0.852. The van der Waals surface area contributed by atoms with Gasteiger partial charge in [-0.3, -0.25) is 0 Å². The van der Waals surface area contributed by atoms with Gasteiger partial charge in [-0.2, -0.15) is 0 Å². The molecule has 0 fully saturated rings. The molecule has 4 nitrogen and oxygen atoms in total. The van der Waals surface area contributed by atoms with Crippen LogP contribution in [0.4, 0.5) is 11.4 Å². The van der Waals surface area contributed by atoms with Crippen molar-refractivity contribution in [2.45, 2.75) is 6.42 Å². The highest BCUT2D eigenvalue weighted by atomic mass is 15.0. The van der Waals surface area contributed by atoms with Crippen molar-refractivity contribution in [2.24, 2.45) is 10.9 Å². The molecule has 1 aliphatic carbocycles. The first-order chi connectivity index (χ1) is 28.2. The number of hydrogen-bond donors (Lipinski definition) is 1. The predicted molar refractivity (Wildman–Crippen MR) is 244 cm³/mol. The van der Waals surface area contributed by atoms with Gasteiger partial charge in [0.15, 0.2) is 0 Å². The van der Waals surface area contributed by atoms with Crippen molar-refractivity contribution in [1.82, 2.24) is 9.13 Å². The second-order valence-corrected chi connectivity index (χ2v) is 15.0. The van der Waals surface area contributed by atoms with Gasteiger partial charge in [0.1, 0.15) is 0 Å². The molecule has 2 N–H and O–H groups in total. The summed E-state index contributed by atoms with van der Waals surface area (Å²) in [4.78, 5) is 5.31. The number of nitrogens with two attached hydrogens (primary N) is 1. The van der Waals surface area contributed by atoms with Gasteiger partial charge >= 0.3 is 0 Å². The van der Waals surface area contributed by atoms with Crippen LogP contribution in [0.15, 0.2) is 200 Å². The van der Waals surface area contributed by atoms with E-state index in [0.717, 1.165) is 45.1 Å². The first kappa shape index (κ1) is 33.0. The zero-order chi connectivity index (χ0) is 38.0. The quantitative estimate of drug-likeness (QED) is 0.103. The Morgan fingerprint density at radius 3 is 1.70 bits per heavy atom. The average molecular weight is 731 g/mol. The summed E-state index contributed by atoms with van der Waals surface area (Å²) in [6.45, 7) is 4.25. The lowest BCUT2D eigenvalue weighted by atomic mass is 9.92. The van der Waals surface area contributed by atoms with E-state index < -0.39 is 0 Å². The number of benzene rings is 8. The largest absolute Gasteiger partial charge is 0.396 e. The maximum Gasteiger partial charge on any atom is 0.0947 e. The van der Waals surface area contributed by atoms with E-state index >= 15 is 0 Å². The third kappa shape index (κ3) is 5.18. The summed E-state index contributed by atoms with van der Waals surface area (Å²) in [5.74, 6) is 0.0207. The molecule has 2 heterocycles. The molecule has 0 spiro atoms. The summed E-state index contributed by atoms with van der Waals surface area (Å²) in [5.41, 5.74) is 18.8. The third-order valence-electron chi connectivity index (χ3n) is 11.8. The van der Waals surface area contributed by atoms with E-state index in [0.29, 0.717) is 5.69 Å². The third-order valence-corrected chi connectivity index (χ3v) is 11.8. The second-order valence-electron chi connectivity index (χ2n) is 15.0. The molecule has 10 aromatic rings. The highest BCUT2D eigenvalue weighted by Crippen LogP contribution is 2.43. The molecule has 270 valence electrons. The molecular formula is C53H38N4. The lowest BCUT2D eigenvalue weighted by Gasteiger charge is -2.22. The van der Waals surface area contributed by atoms with Crippen LogP contribution in [0.3, 0.4) is 0 Å². The topological polar surface area (TPSA) is 48.2 Å². The number of nitrogen functional groups attached to an aromatic ring is 1. The second kappa shape index (κ2) is 13.1. The van der Waals surface area contributed by atoms with Crippen LogP contribution in [-0.2, 0) is 0 Å². The summed E-state index contributed by atoms with van der Waals surface area (Å²) in [6.07, 6.45) is 9.31. The average Bonchev–Trinajstić information content (AvgIpc) is 3.79. The Balaban J connectivity index is 0.999. The smallest absolute Gasteiger partial charge is 0.0947 e. The minimum Gasteiger partial charge on any atom is -0.396 e. The highest BCUT2D eigenvalue weighted by Gasteiger charge is 2.22. The Bertz CT molecular complexity index is 3350. The summed E-state index contributed by atoms with van der Waals surface area (Å²) < 4.78 is 4.80. The number of nitrogens with zero attached hydrogens (tertiary/aromatic N) is 3. The molecule has 8 aromatic carbocycles. The first-order valence-electron chi connectivity index (χ1n) is 19.6. The van der Waals surface area contributed by atoms with Crippen molar-refractivity contribution >= 4 is 87.9 Å². The Hall–Kier alpha value is -7.43. The van der Waals surface area contributed by atoms with Crippen molar-refractivity contribution < 1.29 is 0 Å². The van der Waals surface area contributed by atoms with Gasteiger partial charge in [0.05, 0.1) is 33.4 Å². The molecule has 0 saturated heterocycles. The summed E-state index contributed by atoms with van der Waals surface area (Å²) >= 11 is 0. The van der Waals surface area contributed by atoms with Crippen molar-refractivity contribution in [3.8, 4) is 16.8 Å². The molecule has 0 saturated carbocycles. The van der Waals surface area contributed by atoms with E-state index in [-0.39, 0.29) is 5.92 Å². The molecule has 0 unspecified atom stereocenters. The number of aromatic nitrogens is 2. The number of rotatable bonds is 6. The van der Waals surface area contributed by atoms with E-state index in [2.05, 4.69) is 192 Å². The van der Waals surface area contributed by atoms with Crippen LogP contribution < -0.4 is 5.73 Å². The van der Waals surface area contributed by atoms with Gasteiger partial charge in [-0.1, -0.05) is 134 Å². The van der Waals surface area contributed by atoms with E-state index in [9.17, 15) is 0 Å². The van der Waals surface area contributed by atoms with E-state index in [1.165, 1.54) is 60.4 Å². The Labute approximate surface area is 330 Å². The standard InChI is InChI=1S/C53H38N4/c1-2-47(55-53-44-24-9-7-20-40(44)39-19-6-8-23-43(39)52(53)54)36-15-14-18-38(31-36)57-49-26-13-11-22-42(49)46-33-35(28-30-51(46)57)34-27-29-50-45(32-34)41-21-10-12-25-48(41)56(50)37-16-4-3-5-17-37/h2-30,32-33,36H,1,31,54H2/t36-/m0/s1. The number of fused-ring (bicyclic) bond motifs is 9. The van der Waals surface area contributed by atoms with Gasteiger partial charge in [-0.05, 0) is 89.0 Å². The van der Waals surface area contributed by atoms with Crippen molar-refractivity contribution in [2.75, 3.05) is 5.73 Å². The summed E-state index contributed by atoms with van der Waals surface area (Å²) in [5, 5.41) is 9.31. The Kier molecular flexibility index (Phi) is 7.58. The van der Waals surface area contributed by atoms with Crippen LogP contribution in [0.25, 0.3) is 87.7 Å². The molecular weight excluding hydrogens is 693 g/mol. The SMILES string of the molecule is C=CC(=Nc1c(N)c2ccccc2c2ccccc12)[C@H]1C=CC=C(n2c3ccccc3c3cc(-c4ccc5c(c4)c4ccccc4n5-c4ccccc4)ccc32)C1. The van der Waals surface area contributed by atoms with Crippen molar-refractivity contribution in [1.29, 1.82) is 0 Å². The van der Waals surface area contributed by atoms with Gasteiger partial charge in [0.25, 0.3) is 0 Å². The van der Waals surface area contributed by atoms with E-state index in [1.54, 1.807) is 0 Å². The van der Waals surface area contributed by atoms with Gasteiger partial charge < -0.3 is 14.9 Å². The summed E-state index contributed by atoms with van der Waals surface area (Å²) in [6, 6.07) is 58.7. The monoisotopic (exact) mass is 730 g/mol. The molecule has 11 rings (SSSR count). The number of anilines is 1. The number of para-hydroxylation sites is 3. The molecule has 0 bridgehead atoms. The zero-order valence-electron chi connectivity index (χ0n) is 31.3. The maximum atomic E-state index is 6.90. The zero-order valence-corrected chi connectivity index (χ0v) is 31.3. The highest BCUT2D eigenvalue weighted by molar-refractivity contribution is 6.20. The van der Waals surface area contributed by atoms with Crippen LogP contribution in [0.2, 0.25) is 0 Å². The predicted octanol–water partition coefficient (Wildman–Crippen LogP) is 13.8. The molecule has 1 atom stereocenters. The fourth-order valence-corrected chi connectivity index (χ4v) is 9.18. The Morgan fingerprint density at radius 2 is 1.05 bits per heavy atom. The minimum atomic E-state index is 0.0207. The first-order valence-corrected chi connectivity index (χ1v) is 19.6. The Morgan fingerprint density at radius 1 is 0.544 bits per heavy atom.